The third kappa shape index (κ3) is 3.72. The SMILES string of the molecule is COCc1ccccc1Nc1ccc(S(N)(=O)=O)c(N)c1. The van der Waals surface area contributed by atoms with E-state index >= 15 is 0 Å². The maximum atomic E-state index is 11.3. The van der Waals surface area contributed by atoms with Gasteiger partial charge in [-0.05, 0) is 24.3 Å². The van der Waals surface area contributed by atoms with Crippen molar-refractivity contribution in [3.05, 3.63) is 48.0 Å². The smallest absolute Gasteiger partial charge is 0.240 e. The van der Waals surface area contributed by atoms with Crippen molar-refractivity contribution < 1.29 is 13.2 Å². The maximum absolute atomic E-state index is 11.3. The molecule has 0 bridgehead atoms. The number of hydrogen-bond donors (Lipinski definition) is 3. The van der Waals surface area contributed by atoms with Gasteiger partial charge in [0.05, 0.1) is 12.3 Å². The lowest BCUT2D eigenvalue weighted by atomic mass is 10.1. The molecule has 0 spiro atoms. The van der Waals surface area contributed by atoms with Gasteiger partial charge in [-0.2, -0.15) is 0 Å². The molecule has 0 amide bonds. The molecule has 0 atom stereocenters. The average Bonchev–Trinajstić information content (AvgIpc) is 2.40. The number of sulfonamides is 1. The first-order valence-electron chi connectivity index (χ1n) is 6.18. The fourth-order valence-electron chi connectivity index (χ4n) is 1.96. The highest BCUT2D eigenvalue weighted by molar-refractivity contribution is 7.89. The van der Waals surface area contributed by atoms with Crippen LogP contribution in [0, 0.1) is 0 Å². The first kappa shape index (κ1) is 15.3. The number of benzene rings is 2. The van der Waals surface area contributed by atoms with Gasteiger partial charge in [0.25, 0.3) is 0 Å². The Morgan fingerprint density at radius 1 is 1.19 bits per heavy atom. The highest BCUT2D eigenvalue weighted by Gasteiger charge is 2.12. The number of primary sulfonamides is 1. The Kier molecular flexibility index (Phi) is 4.46. The van der Waals surface area contributed by atoms with Crippen molar-refractivity contribution in [3.8, 4) is 0 Å². The minimum Gasteiger partial charge on any atom is -0.398 e. The van der Waals surface area contributed by atoms with Crippen molar-refractivity contribution in [1.82, 2.24) is 0 Å². The molecule has 0 heterocycles. The fourth-order valence-corrected chi connectivity index (χ4v) is 2.61. The van der Waals surface area contributed by atoms with Crippen LogP contribution >= 0.6 is 0 Å². The summed E-state index contributed by atoms with van der Waals surface area (Å²) in [5, 5.41) is 8.26. The van der Waals surface area contributed by atoms with E-state index in [9.17, 15) is 8.42 Å². The second kappa shape index (κ2) is 6.13. The normalized spacial score (nSPS) is 11.3. The zero-order chi connectivity index (χ0) is 15.5. The van der Waals surface area contributed by atoms with Crippen LogP contribution in [-0.2, 0) is 21.4 Å². The van der Waals surface area contributed by atoms with E-state index in [-0.39, 0.29) is 10.6 Å². The standard InChI is InChI=1S/C14H17N3O3S/c1-20-9-10-4-2-3-5-13(10)17-11-6-7-14(12(15)8-11)21(16,18)19/h2-8,17H,9,15H2,1H3,(H2,16,18,19). The lowest BCUT2D eigenvalue weighted by Gasteiger charge is -2.13. The van der Waals surface area contributed by atoms with Crippen molar-refractivity contribution in [3.63, 3.8) is 0 Å². The number of ether oxygens (including phenoxy) is 1. The van der Waals surface area contributed by atoms with Gasteiger partial charge in [-0.1, -0.05) is 18.2 Å². The monoisotopic (exact) mass is 307 g/mol. The second-order valence-corrected chi connectivity index (χ2v) is 6.04. The number of hydrogen-bond acceptors (Lipinski definition) is 5. The first-order chi connectivity index (χ1) is 9.91. The summed E-state index contributed by atoms with van der Waals surface area (Å²) in [6.07, 6.45) is 0. The zero-order valence-corrected chi connectivity index (χ0v) is 12.4. The molecule has 0 aliphatic heterocycles. The Morgan fingerprint density at radius 3 is 2.52 bits per heavy atom. The van der Waals surface area contributed by atoms with E-state index in [1.165, 1.54) is 12.1 Å². The number of para-hydroxylation sites is 1. The minimum absolute atomic E-state index is 0.0850. The van der Waals surface area contributed by atoms with Gasteiger partial charge in [-0.25, -0.2) is 13.6 Å². The highest BCUT2D eigenvalue weighted by Crippen LogP contribution is 2.26. The number of nitrogen functional groups attached to an aromatic ring is 1. The van der Waals surface area contributed by atoms with E-state index in [4.69, 9.17) is 15.6 Å². The highest BCUT2D eigenvalue weighted by atomic mass is 32.2. The van der Waals surface area contributed by atoms with Gasteiger partial charge in [0.15, 0.2) is 0 Å². The summed E-state index contributed by atoms with van der Waals surface area (Å²) in [5.74, 6) is 0. The molecule has 6 nitrogen and oxygen atoms in total. The summed E-state index contributed by atoms with van der Waals surface area (Å²) in [6.45, 7) is 0.466. The van der Waals surface area contributed by atoms with Crippen LogP contribution in [0.4, 0.5) is 17.1 Å². The van der Waals surface area contributed by atoms with E-state index in [1.54, 1.807) is 13.2 Å². The predicted molar refractivity (Wildman–Crippen MR) is 82.7 cm³/mol. The van der Waals surface area contributed by atoms with E-state index in [0.29, 0.717) is 12.3 Å². The van der Waals surface area contributed by atoms with E-state index in [0.717, 1.165) is 11.3 Å². The average molecular weight is 307 g/mol. The molecule has 112 valence electrons. The van der Waals surface area contributed by atoms with Gasteiger partial charge in [0, 0.05) is 24.0 Å². The molecule has 2 aromatic carbocycles. The molecular formula is C14H17N3O3S. The fraction of sp³-hybridized carbons (Fsp3) is 0.143. The number of nitrogens with one attached hydrogen (secondary N) is 1. The van der Waals surface area contributed by atoms with Crippen LogP contribution in [0.25, 0.3) is 0 Å². The zero-order valence-electron chi connectivity index (χ0n) is 11.5. The summed E-state index contributed by atoms with van der Waals surface area (Å²) >= 11 is 0. The number of anilines is 3. The molecule has 0 saturated carbocycles. The van der Waals surface area contributed by atoms with Crippen molar-refractivity contribution in [1.29, 1.82) is 0 Å². The second-order valence-electron chi connectivity index (χ2n) is 4.51. The largest absolute Gasteiger partial charge is 0.398 e. The quantitative estimate of drug-likeness (QED) is 0.730. The van der Waals surface area contributed by atoms with Crippen molar-refractivity contribution >= 4 is 27.1 Å². The summed E-state index contributed by atoms with van der Waals surface area (Å²) in [7, 11) is -2.19. The molecule has 5 N–H and O–H groups in total. The molecular weight excluding hydrogens is 290 g/mol. The van der Waals surface area contributed by atoms with Crippen LogP contribution in [-0.4, -0.2) is 15.5 Å². The lowest BCUT2D eigenvalue weighted by molar-refractivity contribution is 0.185. The van der Waals surface area contributed by atoms with Crippen LogP contribution < -0.4 is 16.2 Å². The third-order valence-corrected chi connectivity index (χ3v) is 3.90. The molecule has 0 aliphatic carbocycles. The Hall–Kier alpha value is -2.09. The molecule has 0 aliphatic rings. The van der Waals surface area contributed by atoms with Crippen LogP contribution in [0.3, 0.4) is 0 Å². The van der Waals surface area contributed by atoms with Gasteiger partial charge >= 0.3 is 0 Å². The van der Waals surface area contributed by atoms with Gasteiger partial charge in [0.2, 0.25) is 10.0 Å². The molecule has 0 radical (unpaired) electrons. The summed E-state index contributed by atoms with van der Waals surface area (Å²) in [5.41, 5.74) is 8.35. The van der Waals surface area contributed by atoms with Crippen molar-refractivity contribution in [2.75, 3.05) is 18.2 Å². The van der Waals surface area contributed by atoms with Crippen LogP contribution in [0.1, 0.15) is 5.56 Å². The van der Waals surface area contributed by atoms with Crippen molar-refractivity contribution in [2.45, 2.75) is 11.5 Å². The van der Waals surface area contributed by atoms with Crippen LogP contribution in [0.15, 0.2) is 47.4 Å². The topological polar surface area (TPSA) is 107 Å². The van der Waals surface area contributed by atoms with E-state index in [1.807, 2.05) is 24.3 Å². The predicted octanol–water partition coefficient (Wildman–Crippen LogP) is 1.81. The molecule has 0 unspecified atom stereocenters. The van der Waals surface area contributed by atoms with E-state index < -0.39 is 10.0 Å². The Labute approximate surface area is 123 Å². The van der Waals surface area contributed by atoms with E-state index in [2.05, 4.69) is 5.32 Å². The van der Waals surface area contributed by atoms with Crippen LogP contribution in [0.2, 0.25) is 0 Å². The summed E-state index contributed by atoms with van der Waals surface area (Å²) in [6, 6.07) is 12.2. The lowest BCUT2D eigenvalue weighted by Crippen LogP contribution is -2.14. The minimum atomic E-state index is -3.81. The Morgan fingerprint density at radius 2 is 1.90 bits per heavy atom. The molecule has 7 heteroatoms. The number of rotatable bonds is 5. The Bertz CT molecular complexity index is 745. The molecule has 21 heavy (non-hydrogen) atoms. The van der Waals surface area contributed by atoms with Gasteiger partial charge in [-0.3, -0.25) is 0 Å². The first-order valence-corrected chi connectivity index (χ1v) is 7.72. The number of methoxy groups -OCH3 is 1. The molecule has 0 saturated heterocycles. The Balaban J connectivity index is 2.31. The van der Waals surface area contributed by atoms with Crippen LogP contribution in [0.5, 0.6) is 0 Å². The summed E-state index contributed by atoms with van der Waals surface area (Å²) < 4.78 is 27.8. The van der Waals surface area contributed by atoms with Gasteiger partial charge in [-0.15, -0.1) is 0 Å². The molecule has 2 aromatic rings. The van der Waals surface area contributed by atoms with Crippen molar-refractivity contribution in [2.24, 2.45) is 5.14 Å². The summed E-state index contributed by atoms with van der Waals surface area (Å²) in [4.78, 5) is -0.0850. The maximum Gasteiger partial charge on any atom is 0.240 e. The van der Waals surface area contributed by atoms with Gasteiger partial charge in [0.1, 0.15) is 4.90 Å². The third-order valence-electron chi connectivity index (χ3n) is 2.91. The number of nitrogens with two attached hydrogens (primary N) is 2. The molecule has 2 rings (SSSR count). The van der Waals surface area contributed by atoms with Gasteiger partial charge < -0.3 is 15.8 Å². The molecule has 0 fully saturated rings. The molecule has 0 aromatic heterocycles.